The van der Waals surface area contributed by atoms with E-state index in [1.165, 1.54) is 0 Å². The molecule has 0 radical (unpaired) electrons. The molecule has 0 spiro atoms. The van der Waals surface area contributed by atoms with E-state index in [2.05, 4.69) is 10.3 Å². The number of benzene rings is 1. The molecule has 0 aliphatic rings. The number of nitrogens with one attached hydrogen (secondary N) is 1. The summed E-state index contributed by atoms with van der Waals surface area (Å²) in [4.78, 5) is 15.9. The molecule has 2 aromatic rings. The van der Waals surface area contributed by atoms with Crippen LogP contribution >= 0.6 is 11.6 Å². The Morgan fingerprint density at radius 3 is 2.95 bits per heavy atom. The number of ether oxygens (including phenoxy) is 1. The maximum atomic E-state index is 11.7. The van der Waals surface area contributed by atoms with E-state index in [4.69, 9.17) is 22.1 Å². The fourth-order valence-electron chi connectivity index (χ4n) is 1.71. The number of pyridine rings is 1. The topological polar surface area (TPSA) is 77.2 Å². The molecule has 1 heterocycles. The largest absolute Gasteiger partial charge is 0.397 e. The number of halogens is 1. The molecule has 0 aliphatic carbocycles. The lowest BCUT2D eigenvalue weighted by atomic mass is 10.2. The molecule has 5 nitrogen and oxygen atoms in total. The third-order valence-electron chi connectivity index (χ3n) is 2.75. The molecule has 0 saturated carbocycles. The molecule has 0 atom stereocenters. The van der Waals surface area contributed by atoms with E-state index in [-0.39, 0.29) is 12.5 Å². The van der Waals surface area contributed by atoms with E-state index in [0.29, 0.717) is 29.4 Å². The van der Waals surface area contributed by atoms with Crippen LogP contribution < -0.4 is 11.1 Å². The maximum Gasteiger partial charge on any atom is 0.250 e. The minimum absolute atomic E-state index is 0.0429. The lowest BCUT2D eigenvalue weighted by Gasteiger charge is -2.09. The highest BCUT2D eigenvalue weighted by Gasteiger charge is 2.06. The lowest BCUT2D eigenvalue weighted by molar-refractivity contribution is -0.120. The van der Waals surface area contributed by atoms with Crippen LogP contribution in [-0.4, -0.2) is 24.1 Å². The van der Waals surface area contributed by atoms with Crippen LogP contribution in [0.3, 0.4) is 0 Å². The average molecular weight is 306 g/mol. The van der Waals surface area contributed by atoms with Gasteiger partial charge in [-0.3, -0.25) is 9.78 Å². The highest BCUT2D eigenvalue weighted by molar-refractivity contribution is 6.31. The maximum absolute atomic E-state index is 11.7. The van der Waals surface area contributed by atoms with Gasteiger partial charge in [-0.05, 0) is 30.3 Å². The van der Waals surface area contributed by atoms with Gasteiger partial charge in [-0.2, -0.15) is 0 Å². The zero-order valence-electron chi connectivity index (χ0n) is 11.4. The molecule has 0 fully saturated rings. The first-order valence-corrected chi connectivity index (χ1v) is 6.85. The first-order chi connectivity index (χ1) is 10.1. The van der Waals surface area contributed by atoms with Crippen molar-refractivity contribution < 1.29 is 9.53 Å². The van der Waals surface area contributed by atoms with Crippen molar-refractivity contribution in [3.8, 4) is 0 Å². The quantitative estimate of drug-likeness (QED) is 0.635. The number of carbonyl (C=O) groups is 1. The normalized spacial score (nSPS) is 10.3. The number of rotatable bonds is 6. The molecule has 110 valence electrons. The molecular formula is C15H16ClN3O2. The third-order valence-corrected chi connectivity index (χ3v) is 2.99. The van der Waals surface area contributed by atoms with Gasteiger partial charge >= 0.3 is 0 Å². The summed E-state index contributed by atoms with van der Waals surface area (Å²) in [7, 11) is 0. The second-order valence-electron chi connectivity index (χ2n) is 4.40. The van der Waals surface area contributed by atoms with Crippen molar-refractivity contribution in [3.05, 3.63) is 53.3 Å². The number of hydrogen-bond donors (Lipinski definition) is 2. The second kappa shape index (κ2) is 7.61. The van der Waals surface area contributed by atoms with E-state index in [0.717, 1.165) is 5.69 Å². The number of nitrogens with two attached hydrogens (primary N) is 1. The SMILES string of the molecule is Nc1ccc(Cl)cc1NC(=O)COCCc1ccccn1. The summed E-state index contributed by atoms with van der Waals surface area (Å²) in [6, 6.07) is 10.6. The van der Waals surface area contributed by atoms with E-state index in [1.807, 2.05) is 18.2 Å². The van der Waals surface area contributed by atoms with E-state index < -0.39 is 0 Å². The van der Waals surface area contributed by atoms with Gasteiger partial charge in [0.15, 0.2) is 0 Å². The van der Waals surface area contributed by atoms with Gasteiger partial charge in [0.1, 0.15) is 6.61 Å². The monoisotopic (exact) mass is 305 g/mol. The van der Waals surface area contributed by atoms with Crippen LogP contribution in [0, 0.1) is 0 Å². The molecule has 0 saturated heterocycles. The van der Waals surface area contributed by atoms with Crippen molar-refractivity contribution in [2.24, 2.45) is 0 Å². The summed E-state index contributed by atoms with van der Waals surface area (Å²) >= 11 is 5.85. The van der Waals surface area contributed by atoms with Crippen LogP contribution in [0.15, 0.2) is 42.6 Å². The van der Waals surface area contributed by atoms with Crippen molar-refractivity contribution in [2.75, 3.05) is 24.3 Å². The third kappa shape index (κ3) is 5.06. The molecule has 1 aromatic carbocycles. The predicted octanol–water partition coefficient (Wildman–Crippen LogP) is 2.52. The molecule has 0 bridgehead atoms. The number of aromatic nitrogens is 1. The minimum atomic E-state index is -0.273. The van der Waals surface area contributed by atoms with Gasteiger partial charge in [-0.1, -0.05) is 17.7 Å². The van der Waals surface area contributed by atoms with Gasteiger partial charge in [0.25, 0.3) is 0 Å². The van der Waals surface area contributed by atoms with Crippen LogP contribution in [-0.2, 0) is 16.0 Å². The van der Waals surface area contributed by atoms with Gasteiger partial charge in [-0.25, -0.2) is 0 Å². The Labute approximate surface area is 128 Å². The van der Waals surface area contributed by atoms with E-state index in [1.54, 1.807) is 24.4 Å². The highest BCUT2D eigenvalue weighted by atomic mass is 35.5. The van der Waals surface area contributed by atoms with Crippen molar-refractivity contribution in [1.29, 1.82) is 0 Å². The Hall–Kier alpha value is -2.11. The minimum Gasteiger partial charge on any atom is -0.397 e. The second-order valence-corrected chi connectivity index (χ2v) is 4.84. The Morgan fingerprint density at radius 2 is 2.19 bits per heavy atom. The Kier molecular flexibility index (Phi) is 5.54. The van der Waals surface area contributed by atoms with Gasteiger partial charge in [-0.15, -0.1) is 0 Å². The van der Waals surface area contributed by atoms with E-state index >= 15 is 0 Å². The first kappa shape index (κ1) is 15.3. The summed E-state index contributed by atoms with van der Waals surface area (Å²) in [6.45, 7) is 0.383. The summed E-state index contributed by atoms with van der Waals surface area (Å²) < 4.78 is 5.32. The van der Waals surface area contributed by atoms with Crippen LogP contribution in [0.1, 0.15) is 5.69 Å². The molecule has 21 heavy (non-hydrogen) atoms. The summed E-state index contributed by atoms with van der Waals surface area (Å²) in [5.74, 6) is -0.273. The number of nitrogens with zero attached hydrogens (tertiary/aromatic N) is 1. The summed E-state index contributed by atoms with van der Waals surface area (Å²) in [6.07, 6.45) is 2.39. The van der Waals surface area contributed by atoms with E-state index in [9.17, 15) is 4.79 Å². The smallest absolute Gasteiger partial charge is 0.250 e. The zero-order chi connectivity index (χ0) is 15.1. The lowest BCUT2D eigenvalue weighted by Crippen LogP contribution is -2.19. The molecule has 0 aliphatic heterocycles. The van der Waals surface area contributed by atoms with Crippen LogP contribution in [0.5, 0.6) is 0 Å². The molecule has 1 aromatic heterocycles. The van der Waals surface area contributed by atoms with Gasteiger partial charge < -0.3 is 15.8 Å². The van der Waals surface area contributed by atoms with Crippen LogP contribution in [0.2, 0.25) is 5.02 Å². The Bertz CT molecular complexity index is 605. The van der Waals surface area contributed by atoms with Crippen molar-refractivity contribution >= 4 is 28.9 Å². The number of anilines is 2. The first-order valence-electron chi connectivity index (χ1n) is 6.47. The molecule has 6 heteroatoms. The summed E-state index contributed by atoms with van der Waals surface area (Å²) in [5.41, 5.74) is 7.62. The summed E-state index contributed by atoms with van der Waals surface area (Å²) in [5, 5.41) is 3.17. The van der Waals surface area contributed by atoms with Crippen molar-refractivity contribution in [1.82, 2.24) is 4.98 Å². The van der Waals surface area contributed by atoms with Crippen LogP contribution in [0.4, 0.5) is 11.4 Å². The molecule has 0 unspecified atom stereocenters. The fourth-order valence-corrected chi connectivity index (χ4v) is 1.88. The Balaban J connectivity index is 1.74. The standard InChI is InChI=1S/C15H16ClN3O2/c16-11-4-5-13(17)14(9-11)19-15(20)10-21-8-6-12-3-1-2-7-18-12/h1-5,7,9H,6,8,10,17H2,(H,19,20). The highest BCUT2D eigenvalue weighted by Crippen LogP contribution is 2.22. The fraction of sp³-hybridized carbons (Fsp3) is 0.200. The molecular weight excluding hydrogens is 290 g/mol. The number of hydrogen-bond acceptors (Lipinski definition) is 4. The van der Waals surface area contributed by atoms with Gasteiger partial charge in [0.05, 0.1) is 18.0 Å². The number of amides is 1. The van der Waals surface area contributed by atoms with Crippen molar-refractivity contribution in [2.45, 2.75) is 6.42 Å². The predicted molar refractivity (Wildman–Crippen MR) is 83.3 cm³/mol. The van der Waals surface area contributed by atoms with Gasteiger partial charge in [0, 0.05) is 23.3 Å². The van der Waals surface area contributed by atoms with Gasteiger partial charge in [0.2, 0.25) is 5.91 Å². The molecule has 1 amide bonds. The molecule has 2 rings (SSSR count). The molecule has 3 N–H and O–H groups in total. The number of nitrogen functional groups attached to an aromatic ring is 1. The van der Waals surface area contributed by atoms with Crippen molar-refractivity contribution in [3.63, 3.8) is 0 Å². The zero-order valence-corrected chi connectivity index (χ0v) is 12.1. The number of carbonyl (C=O) groups excluding carboxylic acids is 1. The van der Waals surface area contributed by atoms with Crippen LogP contribution in [0.25, 0.3) is 0 Å². The average Bonchev–Trinajstić information content (AvgIpc) is 2.48. The Morgan fingerprint density at radius 1 is 1.33 bits per heavy atom.